The molecule has 6 aliphatic rings. The average Bonchev–Trinajstić information content (AvgIpc) is 2.80. The van der Waals surface area contributed by atoms with Gasteiger partial charge in [-0.05, 0) is 108 Å². The van der Waals surface area contributed by atoms with Crippen LogP contribution in [0.15, 0.2) is 0 Å². The average molecular weight is 451 g/mol. The molecule has 0 spiro atoms. The second-order valence-corrected chi connectivity index (χ2v) is 11.6. The molecule has 4 bridgehead atoms. The molecular weight excluding hydrogens is 404 g/mol. The summed E-state index contributed by atoms with van der Waals surface area (Å²) in [5.41, 5.74) is 0. The van der Waals surface area contributed by atoms with E-state index >= 15 is 0 Å². The third-order valence-electron chi connectivity index (χ3n) is 9.90. The fourth-order valence-corrected chi connectivity index (χ4v) is 8.55. The highest BCUT2D eigenvalue weighted by Gasteiger charge is 2.60. The minimum absolute atomic E-state index is 0.227. The van der Waals surface area contributed by atoms with Crippen LogP contribution in [-0.4, -0.2) is 38.0 Å². The summed E-state index contributed by atoms with van der Waals surface area (Å²) in [4.78, 5) is 12.5. The van der Waals surface area contributed by atoms with Crippen molar-refractivity contribution in [2.24, 2.45) is 35.5 Å². The van der Waals surface area contributed by atoms with Gasteiger partial charge in [-0.15, -0.1) is 0 Å². The van der Waals surface area contributed by atoms with Crippen LogP contribution in [0.1, 0.15) is 97.3 Å². The monoisotopic (exact) mass is 450 g/mol. The summed E-state index contributed by atoms with van der Waals surface area (Å²) in [5, 5.41) is 0. The maximum absolute atomic E-state index is 6.30. The van der Waals surface area contributed by atoms with Gasteiger partial charge in [0, 0.05) is 45.0 Å². The lowest BCUT2D eigenvalue weighted by Gasteiger charge is -2.58. The van der Waals surface area contributed by atoms with Gasteiger partial charge in [-0.25, -0.2) is 9.78 Å². The molecule has 0 atom stereocenters. The smallest absolute Gasteiger partial charge is 0.207 e. The normalized spacial score (nSPS) is 43.6. The minimum atomic E-state index is -0.477. The summed E-state index contributed by atoms with van der Waals surface area (Å²) in [5.74, 6) is 3.68. The van der Waals surface area contributed by atoms with E-state index in [0.29, 0.717) is 11.8 Å². The molecule has 5 nitrogen and oxygen atoms in total. The predicted octanol–water partition coefficient (Wildman–Crippen LogP) is 6.25. The molecule has 6 aliphatic carbocycles. The van der Waals surface area contributed by atoms with Crippen molar-refractivity contribution in [2.75, 3.05) is 20.3 Å². The molecule has 0 saturated heterocycles. The van der Waals surface area contributed by atoms with Gasteiger partial charge in [0.1, 0.15) is 0 Å². The van der Waals surface area contributed by atoms with Crippen molar-refractivity contribution in [2.45, 2.75) is 115 Å². The lowest BCUT2D eigenvalue weighted by molar-refractivity contribution is -0.486. The van der Waals surface area contributed by atoms with Crippen LogP contribution in [0.3, 0.4) is 0 Å². The van der Waals surface area contributed by atoms with E-state index in [1.165, 1.54) is 57.8 Å². The van der Waals surface area contributed by atoms with Crippen molar-refractivity contribution < 1.29 is 24.0 Å². The standard InChI is InChI=1S/C27H46O5/c1-4-29-26(30-5-2)12-10-22(11-13-26)21-6-8-25(9-7-21)31-32-27(28-3)23-15-19-14-20(17-23)18-24(27)16-19/h19-25H,4-18H2,1-3H3/t19?,20?,21-,23?,24?,25+,27?. The Balaban J connectivity index is 1.09. The first-order chi connectivity index (χ1) is 15.6. The van der Waals surface area contributed by atoms with E-state index in [0.717, 1.165) is 62.6 Å². The first-order valence-corrected chi connectivity index (χ1v) is 13.8. The molecule has 0 heterocycles. The van der Waals surface area contributed by atoms with Crippen LogP contribution in [0.4, 0.5) is 0 Å². The second-order valence-electron chi connectivity index (χ2n) is 11.6. The molecule has 0 amide bonds. The van der Waals surface area contributed by atoms with Crippen LogP contribution in [0.25, 0.3) is 0 Å². The van der Waals surface area contributed by atoms with E-state index in [4.69, 9.17) is 24.0 Å². The van der Waals surface area contributed by atoms with Gasteiger partial charge in [0.05, 0.1) is 6.10 Å². The lowest BCUT2D eigenvalue weighted by Crippen LogP contribution is -2.60. The summed E-state index contributed by atoms with van der Waals surface area (Å²) in [6.45, 7) is 5.62. The van der Waals surface area contributed by atoms with E-state index in [1.807, 2.05) is 7.11 Å². The Morgan fingerprint density at radius 1 is 0.688 bits per heavy atom. The van der Waals surface area contributed by atoms with Gasteiger partial charge in [-0.1, -0.05) is 0 Å². The van der Waals surface area contributed by atoms with Crippen molar-refractivity contribution in [3.63, 3.8) is 0 Å². The van der Waals surface area contributed by atoms with E-state index < -0.39 is 5.79 Å². The molecule has 184 valence electrons. The van der Waals surface area contributed by atoms with Gasteiger partial charge in [0.25, 0.3) is 0 Å². The van der Waals surface area contributed by atoms with E-state index in [-0.39, 0.29) is 11.9 Å². The lowest BCUT2D eigenvalue weighted by atomic mass is 9.53. The molecule has 0 aromatic heterocycles. The summed E-state index contributed by atoms with van der Waals surface area (Å²) in [6.07, 6.45) is 16.0. The molecule has 6 fully saturated rings. The molecule has 0 aromatic rings. The SMILES string of the molecule is CCOC1(OCC)CCC([C@H]2CC[C@@H](OOC3(OC)C4CC5CC(C4)CC3C5)CC2)CC1. The number of ether oxygens (including phenoxy) is 3. The summed E-state index contributed by atoms with van der Waals surface area (Å²) in [7, 11) is 1.84. The van der Waals surface area contributed by atoms with Crippen LogP contribution in [-0.2, 0) is 24.0 Å². The molecule has 6 rings (SSSR count). The fourth-order valence-electron chi connectivity index (χ4n) is 8.55. The highest BCUT2D eigenvalue weighted by Crippen LogP contribution is 2.60. The molecule has 0 unspecified atom stereocenters. The van der Waals surface area contributed by atoms with E-state index in [9.17, 15) is 0 Å². The fraction of sp³-hybridized carbons (Fsp3) is 1.00. The van der Waals surface area contributed by atoms with Crippen LogP contribution in [0.2, 0.25) is 0 Å². The van der Waals surface area contributed by atoms with Crippen LogP contribution in [0.5, 0.6) is 0 Å². The Kier molecular flexibility index (Phi) is 7.22. The molecule has 5 heteroatoms. The third-order valence-corrected chi connectivity index (χ3v) is 9.90. The Morgan fingerprint density at radius 3 is 1.72 bits per heavy atom. The van der Waals surface area contributed by atoms with Crippen molar-refractivity contribution >= 4 is 0 Å². The van der Waals surface area contributed by atoms with E-state index in [1.54, 1.807) is 0 Å². The summed E-state index contributed by atoms with van der Waals surface area (Å²) in [6, 6.07) is 0. The van der Waals surface area contributed by atoms with Crippen LogP contribution in [0, 0.1) is 35.5 Å². The molecular formula is C27H46O5. The quantitative estimate of drug-likeness (QED) is 0.236. The summed E-state index contributed by atoms with van der Waals surface area (Å²) >= 11 is 0. The van der Waals surface area contributed by atoms with Crippen molar-refractivity contribution in [3.05, 3.63) is 0 Å². The molecule has 0 N–H and O–H groups in total. The first-order valence-electron chi connectivity index (χ1n) is 13.8. The predicted molar refractivity (Wildman–Crippen MR) is 123 cm³/mol. The Labute approximate surface area is 195 Å². The Hall–Kier alpha value is -0.200. The molecule has 0 aromatic carbocycles. The maximum atomic E-state index is 6.30. The maximum Gasteiger partial charge on any atom is 0.207 e. The van der Waals surface area contributed by atoms with Gasteiger partial charge in [0.2, 0.25) is 5.79 Å². The highest BCUT2D eigenvalue weighted by atomic mass is 17.2. The van der Waals surface area contributed by atoms with Crippen molar-refractivity contribution in [1.82, 2.24) is 0 Å². The first kappa shape index (κ1) is 23.5. The van der Waals surface area contributed by atoms with Crippen molar-refractivity contribution in [1.29, 1.82) is 0 Å². The zero-order chi connectivity index (χ0) is 22.2. The number of methoxy groups -OCH3 is 1. The van der Waals surface area contributed by atoms with Crippen molar-refractivity contribution in [3.8, 4) is 0 Å². The molecule has 0 aliphatic heterocycles. The minimum Gasteiger partial charge on any atom is -0.350 e. The molecule has 6 saturated carbocycles. The highest BCUT2D eigenvalue weighted by molar-refractivity contribution is 5.03. The molecule has 0 radical (unpaired) electrons. The number of hydrogen-bond donors (Lipinski definition) is 0. The summed E-state index contributed by atoms with van der Waals surface area (Å²) < 4.78 is 18.2. The third kappa shape index (κ3) is 4.42. The largest absolute Gasteiger partial charge is 0.350 e. The number of rotatable bonds is 9. The molecule has 32 heavy (non-hydrogen) atoms. The zero-order valence-electron chi connectivity index (χ0n) is 20.7. The van der Waals surface area contributed by atoms with Gasteiger partial charge < -0.3 is 14.2 Å². The van der Waals surface area contributed by atoms with Gasteiger partial charge in [-0.2, -0.15) is 0 Å². The second kappa shape index (κ2) is 9.81. The Bertz CT molecular complexity index is 569. The van der Waals surface area contributed by atoms with Crippen LogP contribution >= 0.6 is 0 Å². The van der Waals surface area contributed by atoms with Crippen LogP contribution < -0.4 is 0 Å². The number of hydrogen-bond acceptors (Lipinski definition) is 5. The zero-order valence-corrected chi connectivity index (χ0v) is 20.7. The topological polar surface area (TPSA) is 46.2 Å². The van der Waals surface area contributed by atoms with E-state index in [2.05, 4.69) is 13.8 Å². The van der Waals surface area contributed by atoms with Gasteiger partial charge in [-0.3, -0.25) is 0 Å². The van der Waals surface area contributed by atoms with Gasteiger partial charge in [0.15, 0.2) is 5.79 Å². The Morgan fingerprint density at radius 2 is 1.22 bits per heavy atom. The van der Waals surface area contributed by atoms with Gasteiger partial charge >= 0.3 is 0 Å².